The molecule has 1 aromatic carbocycles. The maximum absolute atomic E-state index is 12.4. The highest BCUT2D eigenvalue weighted by molar-refractivity contribution is 7.89. The normalized spacial score (nSPS) is 17.1. The van der Waals surface area contributed by atoms with Gasteiger partial charge in [0.25, 0.3) is 5.91 Å². The molecule has 0 saturated heterocycles. The predicted octanol–water partition coefficient (Wildman–Crippen LogP) is 1.84. The summed E-state index contributed by atoms with van der Waals surface area (Å²) in [6.45, 7) is -0.393. The van der Waals surface area contributed by atoms with Gasteiger partial charge in [-0.15, -0.1) is 0 Å². The van der Waals surface area contributed by atoms with E-state index in [-0.39, 0.29) is 36.4 Å². The second-order valence-corrected chi connectivity index (χ2v) is 9.26. The molecule has 0 atom stereocenters. The maximum atomic E-state index is 12.4. The van der Waals surface area contributed by atoms with E-state index in [9.17, 15) is 18.0 Å². The number of nitrogens with one attached hydrogen (secondary N) is 2. The van der Waals surface area contributed by atoms with Crippen LogP contribution in [0.5, 0.6) is 0 Å². The molecule has 1 fully saturated rings. The lowest BCUT2D eigenvalue weighted by molar-refractivity contribution is -0.148. The average Bonchev–Trinajstić information content (AvgIpc) is 3.19. The molecular formula is C20H28N2O5S. The summed E-state index contributed by atoms with van der Waals surface area (Å²) in [5, 5.41) is 2.83. The van der Waals surface area contributed by atoms with E-state index in [1.165, 1.54) is 5.56 Å². The third kappa shape index (κ3) is 5.78. The summed E-state index contributed by atoms with van der Waals surface area (Å²) < 4.78 is 32.2. The first-order chi connectivity index (χ1) is 13.4. The van der Waals surface area contributed by atoms with Crippen molar-refractivity contribution in [2.24, 2.45) is 0 Å². The lowest BCUT2D eigenvalue weighted by Crippen LogP contribution is -2.36. The van der Waals surface area contributed by atoms with E-state index < -0.39 is 16.0 Å². The maximum Gasteiger partial charge on any atom is 0.307 e. The van der Waals surface area contributed by atoms with Crippen LogP contribution < -0.4 is 10.0 Å². The van der Waals surface area contributed by atoms with Crippen LogP contribution >= 0.6 is 0 Å². The van der Waals surface area contributed by atoms with Gasteiger partial charge in [0.2, 0.25) is 10.0 Å². The van der Waals surface area contributed by atoms with Crippen molar-refractivity contribution in [2.75, 3.05) is 13.2 Å². The van der Waals surface area contributed by atoms with Gasteiger partial charge in [0.1, 0.15) is 0 Å². The molecule has 154 valence electrons. The average molecular weight is 409 g/mol. The minimum absolute atomic E-state index is 0.0670. The van der Waals surface area contributed by atoms with Crippen molar-refractivity contribution in [2.45, 2.75) is 68.7 Å². The summed E-state index contributed by atoms with van der Waals surface area (Å²) >= 11 is 0. The van der Waals surface area contributed by atoms with Crippen molar-refractivity contribution >= 4 is 21.9 Å². The Hall–Kier alpha value is -1.93. The van der Waals surface area contributed by atoms with Gasteiger partial charge >= 0.3 is 5.97 Å². The first kappa shape index (κ1) is 20.8. The van der Waals surface area contributed by atoms with Gasteiger partial charge in [0.05, 0.1) is 11.3 Å². The molecule has 1 saturated carbocycles. The fourth-order valence-electron chi connectivity index (χ4n) is 3.81. The summed E-state index contributed by atoms with van der Waals surface area (Å²) in [4.78, 5) is 23.7. The van der Waals surface area contributed by atoms with E-state index in [4.69, 9.17) is 4.74 Å². The van der Waals surface area contributed by atoms with Gasteiger partial charge in [-0.05, 0) is 61.8 Å². The van der Waals surface area contributed by atoms with Crippen LogP contribution in [0.3, 0.4) is 0 Å². The molecule has 3 rings (SSSR count). The molecule has 1 amide bonds. The third-order valence-electron chi connectivity index (χ3n) is 5.34. The summed E-state index contributed by atoms with van der Waals surface area (Å²) in [5.74, 6) is -0.912. The topological polar surface area (TPSA) is 102 Å². The number of sulfonamides is 1. The van der Waals surface area contributed by atoms with Crippen LogP contribution in [0.15, 0.2) is 23.1 Å². The number of hydrogen-bond acceptors (Lipinski definition) is 5. The first-order valence-corrected chi connectivity index (χ1v) is 11.5. The molecule has 8 heteroatoms. The van der Waals surface area contributed by atoms with Crippen LogP contribution in [0.1, 0.15) is 56.1 Å². The zero-order valence-electron chi connectivity index (χ0n) is 16.0. The lowest BCUT2D eigenvalue weighted by Gasteiger charge is -2.16. The van der Waals surface area contributed by atoms with Gasteiger partial charge in [-0.1, -0.05) is 18.9 Å². The zero-order chi connectivity index (χ0) is 20.0. The van der Waals surface area contributed by atoms with E-state index in [0.717, 1.165) is 56.9 Å². The van der Waals surface area contributed by atoms with Crippen LogP contribution in [0, 0.1) is 0 Å². The Morgan fingerprint density at radius 2 is 1.75 bits per heavy atom. The van der Waals surface area contributed by atoms with Crippen molar-refractivity contribution in [1.29, 1.82) is 0 Å². The van der Waals surface area contributed by atoms with Crippen molar-refractivity contribution < 1.29 is 22.7 Å². The number of benzene rings is 1. The largest absolute Gasteiger partial charge is 0.456 e. The predicted molar refractivity (Wildman–Crippen MR) is 104 cm³/mol. The molecular weight excluding hydrogens is 380 g/mol. The monoisotopic (exact) mass is 408 g/mol. The Morgan fingerprint density at radius 1 is 1.04 bits per heavy atom. The highest BCUT2D eigenvalue weighted by Crippen LogP contribution is 2.24. The SMILES string of the molecule is O=C(COC(=O)CCNS(=O)(=O)c1ccc2c(c1)CCCC2)NC1CCCC1. The highest BCUT2D eigenvalue weighted by Gasteiger charge is 2.19. The number of esters is 1. The second kappa shape index (κ2) is 9.52. The Labute approximate surface area is 166 Å². The number of ether oxygens (including phenoxy) is 1. The van der Waals surface area contributed by atoms with Crippen LogP contribution in [-0.4, -0.2) is 39.5 Å². The molecule has 2 aliphatic carbocycles. The quantitative estimate of drug-likeness (QED) is 0.639. The summed E-state index contributed by atoms with van der Waals surface area (Å²) in [7, 11) is -3.67. The van der Waals surface area contributed by atoms with Gasteiger partial charge in [0, 0.05) is 12.6 Å². The molecule has 0 bridgehead atoms. The van der Waals surface area contributed by atoms with E-state index in [1.807, 2.05) is 6.07 Å². The fraction of sp³-hybridized carbons (Fsp3) is 0.600. The molecule has 28 heavy (non-hydrogen) atoms. The van der Waals surface area contributed by atoms with Gasteiger partial charge in [-0.25, -0.2) is 13.1 Å². The molecule has 1 aromatic rings. The van der Waals surface area contributed by atoms with Crippen molar-refractivity contribution in [3.63, 3.8) is 0 Å². The molecule has 2 aliphatic rings. The lowest BCUT2D eigenvalue weighted by atomic mass is 9.92. The third-order valence-corrected chi connectivity index (χ3v) is 6.79. The van der Waals surface area contributed by atoms with E-state index in [0.29, 0.717) is 0 Å². The molecule has 0 radical (unpaired) electrons. The van der Waals surface area contributed by atoms with Gasteiger partial charge in [-0.3, -0.25) is 9.59 Å². The van der Waals surface area contributed by atoms with Gasteiger partial charge in [-0.2, -0.15) is 0 Å². The zero-order valence-corrected chi connectivity index (χ0v) is 16.9. The Balaban J connectivity index is 1.40. The number of hydrogen-bond donors (Lipinski definition) is 2. The van der Waals surface area contributed by atoms with E-state index in [2.05, 4.69) is 10.0 Å². The van der Waals surface area contributed by atoms with Crippen LogP contribution in [0.4, 0.5) is 0 Å². The molecule has 0 aliphatic heterocycles. The number of rotatable bonds is 8. The second-order valence-electron chi connectivity index (χ2n) is 7.49. The standard InChI is InChI=1S/C20H28N2O5S/c23-19(22-17-7-3-4-8-17)14-27-20(24)11-12-21-28(25,26)18-10-9-15-5-1-2-6-16(15)13-18/h9-10,13,17,21H,1-8,11-12,14H2,(H,22,23). The summed E-state index contributed by atoms with van der Waals surface area (Å²) in [6.07, 6.45) is 8.11. The number of fused-ring (bicyclic) bond motifs is 1. The molecule has 0 spiro atoms. The Kier molecular flexibility index (Phi) is 7.07. The Bertz CT molecular complexity index is 816. The number of amides is 1. The minimum Gasteiger partial charge on any atom is -0.456 e. The fourth-order valence-corrected chi connectivity index (χ4v) is 4.89. The van der Waals surface area contributed by atoms with Crippen LogP contribution in [-0.2, 0) is 37.2 Å². The highest BCUT2D eigenvalue weighted by atomic mass is 32.2. The number of carbonyl (C=O) groups excluding carboxylic acids is 2. The van der Waals surface area contributed by atoms with Crippen LogP contribution in [0.25, 0.3) is 0 Å². The molecule has 7 nitrogen and oxygen atoms in total. The van der Waals surface area contributed by atoms with Gasteiger partial charge in [0.15, 0.2) is 6.61 Å². The molecule has 0 unspecified atom stereocenters. The summed E-state index contributed by atoms with van der Waals surface area (Å²) in [6, 6.07) is 5.38. The smallest absolute Gasteiger partial charge is 0.307 e. The first-order valence-electron chi connectivity index (χ1n) is 10.0. The molecule has 2 N–H and O–H groups in total. The van der Waals surface area contributed by atoms with Crippen molar-refractivity contribution in [3.05, 3.63) is 29.3 Å². The Morgan fingerprint density at radius 3 is 2.50 bits per heavy atom. The van der Waals surface area contributed by atoms with Crippen LogP contribution in [0.2, 0.25) is 0 Å². The number of aryl methyl sites for hydroxylation is 2. The summed E-state index contributed by atoms with van der Waals surface area (Å²) in [5.41, 5.74) is 2.30. The van der Waals surface area contributed by atoms with Gasteiger partial charge < -0.3 is 10.1 Å². The van der Waals surface area contributed by atoms with Crippen molar-refractivity contribution in [1.82, 2.24) is 10.0 Å². The molecule has 0 heterocycles. The number of carbonyl (C=O) groups is 2. The van der Waals surface area contributed by atoms with E-state index >= 15 is 0 Å². The molecule has 0 aromatic heterocycles. The van der Waals surface area contributed by atoms with E-state index in [1.54, 1.807) is 12.1 Å². The minimum atomic E-state index is -3.67. The van der Waals surface area contributed by atoms with Crippen molar-refractivity contribution in [3.8, 4) is 0 Å².